The topological polar surface area (TPSA) is 175 Å². The van der Waals surface area contributed by atoms with Gasteiger partial charge in [-0.3, -0.25) is 19.8 Å². The third kappa shape index (κ3) is 8.92. The summed E-state index contributed by atoms with van der Waals surface area (Å²) in [4.78, 5) is 43.1. The van der Waals surface area contributed by atoms with Crippen LogP contribution in [-0.4, -0.2) is 71.9 Å². The molecule has 0 saturated carbocycles. The van der Waals surface area contributed by atoms with Crippen LogP contribution in [0.4, 0.5) is 0 Å². The molecule has 0 atom stereocenters. The first-order chi connectivity index (χ1) is 20.4. The number of Topliss-reactive ketones (excluding diaryl/α,β-unsaturated/α-hetero) is 1. The summed E-state index contributed by atoms with van der Waals surface area (Å²) >= 11 is 0. The number of nitrogens with one attached hydrogen (secondary N) is 2. The zero-order valence-corrected chi connectivity index (χ0v) is 27.5. The zero-order valence-electron chi connectivity index (χ0n) is 25.7. The molecule has 1 aromatic heterocycles. The standard InChI is InChI=1S/C31H39N5O7.BrH/c1-6-41-23-16-20-17-36(29(33)26(20)35-27(23)30(40)34-5)18-22(37)19-14-21(31(2,3)4)28(43-12-8-7-11-32)24(15-19)42-13-9-10-25(38)39;/h14-16,33H,6-10,12-13,17-18H2,1-5H3,(H,34,40)(H,38,39);1H. The van der Waals surface area contributed by atoms with Crippen molar-refractivity contribution in [3.8, 4) is 23.3 Å². The number of carbonyl (C=O) groups is 3. The Morgan fingerprint density at radius 2 is 1.82 bits per heavy atom. The van der Waals surface area contributed by atoms with Crippen LogP contribution in [0.3, 0.4) is 0 Å². The van der Waals surface area contributed by atoms with E-state index in [0.29, 0.717) is 53.5 Å². The van der Waals surface area contributed by atoms with Crippen LogP contribution in [0.5, 0.6) is 17.2 Å². The summed E-state index contributed by atoms with van der Waals surface area (Å²) in [5.41, 5.74) is 1.68. The second-order valence-electron chi connectivity index (χ2n) is 11.0. The van der Waals surface area contributed by atoms with Crippen LogP contribution >= 0.6 is 17.0 Å². The molecular weight excluding hydrogens is 634 g/mol. The monoisotopic (exact) mass is 673 g/mol. The van der Waals surface area contributed by atoms with Crippen LogP contribution in [0.15, 0.2) is 18.2 Å². The number of hydrogen-bond acceptors (Lipinski definition) is 9. The Bertz CT molecular complexity index is 1430. The quantitative estimate of drug-likeness (QED) is 0.178. The minimum absolute atomic E-state index is 0. The Hall–Kier alpha value is -4.18. The van der Waals surface area contributed by atoms with Crippen molar-refractivity contribution in [2.24, 2.45) is 0 Å². The van der Waals surface area contributed by atoms with Gasteiger partial charge in [0.25, 0.3) is 5.91 Å². The molecule has 0 unspecified atom stereocenters. The van der Waals surface area contributed by atoms with E-state index >= 15 is 0 Å². The van der Waals surface area contributed by atoms with Crippen LogP contribution in [0.2, 0.25) is 0 Å². The number of nitrogens with zero attached hydrogens (tertiary/aromatic N) is 3. The first-order valence-corrected chi connectivity index (χ1v) is 14.2. The molecule has 1 aliphatic rings. The molecule has 3 N–H and O–H groups in total. The molecule has 1 aliphatic heterocycles. The highest BCUT2D eigenvalue weighted by molar-refractivity contribution is 8.93. The van der Waals surface area contributed by atoms with Crippen molar-refractivity contribution in [3.05, 3.63) is 46.3 Å². The average molecular weight is 675 g/mol. The second kappa shape index (κ2) is 16.0. The fraction of sp³-hybridized carbons (Fsp3) is 0.484. The Morgan fingerprint density at radius 1 is 1.11 bits per heavy atom. The maximum absolute atomic E-state index is 13.7. The molecule has 44 heavy (non-hydrogen) atoms. The van der Waals surface area contributed by atoms with E-state index < -0.39 is 17.3 Å². The Balaban J connectivity index is 0.00000675. The van der Waals surface area contributed by atoms with Crippen molar-refractivity contribution < 1.29 is 33.7 Å². The fourth-order valence-electron chi connectivity index (χ4n) is 4.55. The summed E-state index contributed by atoms with van der Waals surface area (Å²) < 4.78 is 17.7. The van der Waals surface area contributed by atoms with Gasteiger partial charge in [-0.2, -0.15) is 5.26 Å². The lowest BCUT2D eigenvalue weighted by molar-refractivity contribution is -0.137. The number of carboxylic acid groups (broad SMARTS) is 1. The van der Waals surface area contributed by atoms with Crippen LogP contribution in [-0.2, 0) is 16.8 Å². The summed E-state index contributed by atoms with van der Waals surface area (Å²) in [6.45, 7) is 8.56. The largest absolute Gasteiger partial charge is 0.491 e. The van der Waals surface area contributed by atoms with E-state index in [9.17, 15) is 14.4 Å². The molecule has 2 aromatic rings. The highest BCUT2D eigenvalue weighted by Crippen LogP contribution is 2.40. The van der Waals surface area contributed by atoms with Gasteiger partial charge in [0, 0.05) is 43.1 Å². The number of benzene rings is 1. The normalized spacial score (nSPS) is 12.1. The van der Waals surface area contributed by atoms with Crippen molar-refractivity contribution in [2.75, 3.05) is 33.4 Å². The number of ether oxygens (including phenoxy) is 3. The molecule has 238 valence electrons. The number of ketones is 1. The highest BCUT2D eigenvalue weighted by atomic mass is 79.9. The van der Waals surface area contributed by atoms with Gasteiger partial charge in [-0.15, -0.1) is 17.0 Å². The molecule has 0 bridgehead atoms. The number of rotatable bonds is 15. The van der Waals surface area contributed by atoms with Crippen molar-refractivity contribution in [2.45, 2.75) is 65.3 Å². The van der Waals surface area contributed by atoms with Crippen LogP contribution < -0.4 is 19.5 Å². The molecule has 0 saturated heterocycles. The SMILES string of the molecule is Br.CCOc1cc2c(nc1C(=O)NC)C(=N)N(CC(=O)c1cc(OCCCC(=O)O)c(OCCCC#N)c(C(C)(C)C)c1)C2. The predicted molar refractivity (Wildman–Crippen MR) is 169 cm³/mol. The van der Waals surface area contributed by atoms with E-state index in [1.54, 1.807) is 30.0 Å². The number of fused-ring (bicyclic) bond motifs is 1. The lowest BCUT2D eigenvalue weighted by Gasteiger charge is -2.26. The van der Waals surface area contributed by atoms with Crippen molar-refractivity contribution in [1.29, 1.82) is 10.7 Å². The number of aliphatic carboxylic acids is 1. The zero-order chi connectivity index (χ0) is 31.7. The maximum atomic E-state index is 13.7. The number of carbonyl (C=O) groups excluding carboxylic acids is 2. The van der Waals surface area contributed by atoms with Gasteiger partial charge in [0.1, 0.15) is 11.5 Å². The van der Waals surface area contributed by atoms with E-state index in [2.05, 4.69) is 16.4 Å². The van der Waals surface area contributed by atoms with Crippen LogP contribution in [0, 0.1) is 16.7 Å². The lowest BCUT2D eigenvalue weighted by Crippen LogP contribution is -2.31. The fourth-order valence-corrected chi connectivity index (χ4v) is 4.55. The molecule has 0 fully saturated rings. The summed E-state index contributed by atoms with van der Waals surface area (Å²) in [6, 6.07) is 7.12. The smallest absolute Gasteiger partial charge is 0.303 e. The van der Waals surface area contributed by atoms with E-state index in [0.717, 1.165) is 5.56 Å². The molecule has 0 aliphatic carbocycles. The van der Waals surface area contributed by atoms with E-state index in [-0.39, 0.29) is 73.4 Å². The number of unbranched alkanes of at least 4 members (excludes halogenated alkanes) is 1. The number of halogens is 1. The van der Waals surface area contributed by atoms with Gasteiger partial charge in [-0.1, -0.05) is 20.8 Å². The van der Waals surface area contributed by atoms with Gasteiger partial charge in [0.05, 0.1) is 32.4 Å². The molecule has 12 nitrogen and oxygen atoms in total. The third-order valence-corrected chi connectivity index (χ3v) is 6.70. The van der Waals surface area contributed by atoms with Gasteiger partial charge in [0.15, 0.2) is 28.7 Å². The summed E-state index contributed by atoms with van der Waals surface area (Å²) in [5, 5.41) is 29.2. The molecule has 2 heterocycles. The Morgan fingerprint density at radius 3 is 2.43 bits per heavy atom. The Labute approximate surface area is 268 Å². The number of pyridine rings is 1. The second-order valence-corrected chi connectivity index (χ2v) is 11.0. The van der Waals surface area contributed by atoms with Gasteiger partial charge < -0.3 is 29.5 Å². The molecule has 3 rings (SSSR count). The van der Waals surface area contributed by atoms with Gasteiger partial charge in [-0.25, -0.2) is 4.98 Å². The van der Waals surface area contributed by atoms with Crippen molar-refractivity contribution in [1.82, 2.24) is 15.2 Å². The number of carboxylic acids is 1. The summed E-state index contributed by atoms with van der Waals surface area (Å²) in [5.74, 6) is -0.541. The number of hydrogen-bond donors (Lipinski definition) is 3. The van der Waals surface area contributed by atoms with E-state index in [1.165, 1.54) is 7.05 Å². The predicted octanol–water partition coefficient (Wildman–Crippen LogP) is 4.67. The molecule has 0 spiro atoms. The maximum Gasteiger partial charge on any atom is 0.303 e. The molecule has 13 heteroatoms. The Kier molecular flexibility index (Phi) is 13.1. The van der Waals surface area contributed by atoms with E-state index in [4.69, 9.17) is 30.0 Å². The first-order valence-electron chi connectivity index (χ1n) is 14.2. The summed E-state index contributed by atoms with van der Waals surface area (Å²) in [6.07, 6.45) is 1.04. The van der Waals surface area contributed by atoms with Gasteiger partial charge in [-0.05, 0) is 43.4 Å². The first kappa shape index (κ1) is 36.0. The lowest BCUT2D eigenvalue weighted by atomic mass is 9.84. The molecule has 1 amide bonds. The number of nitriles is 1. The summed E-state index contributed by atoms with van der Waals surface area (Å²) in [7, 11) is 1.49. The van der Waals surface area contributed by atoms with Gasteiger partial charge in [0.2, 0.25) is 0 Å². The average Bonchev–Trinajstić information content (AvgIpc) is 3.25. The number of amides is 1. The molecular formula is C31H40BrN5O7. The molecule has 1 aromatic carbocycles. The van der Waals surface area contributed by atoms with Crippen molar-refractivity contribution >= 4 is 40.5 Å². The van der Waals surface area contributed by atoms with Gasteiger partial charge >= 0.3 is 5.97 Å². The van der Waals surface area contributed by atoms with E-state index in [1.807, 2.05) is 20.8 Å². The minimum Gasteiger partial charge on any atom is -0.491 e. The number of amidine groups is 1. The number of aromatic nitrogens is 1. The highest BCUT2D eigenvalue weighted by Gasteiger charge is 2.32. The third-order valence-electron chi connectivity index (χ3n) is 6.70. The van der Waals surface area contributed by atoms with Crippen LogP contribution in [0.1, 0.15) is 91.0 Å². The van der Waals surface area contributed by atoms with Crippen LogP contribution in [0.25, 0.3) is 0 Å². The van der Waals surface area contributed by atoms with Crippen molar-refractivity contribution in [3.63, 3.8) is 0 Å². The molecule has 0 radical (unpaired) electrons. The minimum atomic E-state index is -0.935.